The van der Waals surface area contributed by atoms with Gasteiger partial charge in [0.05, 0.1) is 13.2 Å². The van der Waals surface area contributed by atoms with Crippen molar-refractivity contribution in [2.45, 2.75) is 44.7 Å². The van der Waals surface area contributed by atoms with E-state index in [1.807, 2.05) is 11.6 Å². The largest absolute Gasteiger partial charge is 0.394 e. The van der Waals surface area contributed by atoms with Crippen LogP contribution in [0.2, 0.25) is 0 Å². The Hall–Kier alpha value is -0.940. The molecule has 96 valence electrons. The smallest absolute Gasteiger partial charge is 0.146 e. The molecule has 1 fully saturated rings. The normalized spacial score (nSPS) is 29.5. The highest BCUT2D eigenvalue weighted by atomic mass is 16.3. The Morgan fingerprint density at radius 2 is 2.24 bits per heavy atom. The molecule has 1 aliphatic rings. The predicted octanol–water partition coefficient (Wildman–Crippen LogP) is 0.846. The van der Waals surface area contributed by atoms with E-state index in [-0.39, 0.29) is 12.1 Å². The maximum atomic E-state index is 9.62. The van der Waals surface area contributed by atoms with Gasteiger partial charge in [0.15, 0.2) is 0 Å². The van der Waals surface area contributed by atoms with Crippen LogP contribution in [-0.4, -0.2) is 32.0 Å². The Bertz CT molecular complexity index is 355. The van der Waals surface area contributed by atoms with Gasteiger partial charge in [-0.15, -0.1) is 10.2 Å². The number of nitrogens with one attached hydrogen (secondary N) is 1. The van der Waals surface area contributed by atoms with Gasteiger partial charge in [-0.1, -0.05) is 6.92 Å². The molecule has 0 amide bonds. The first kappa shape index (κ1) is 12.5. The summed E-state index contributed by atoms with van der Waals surface area (Å²) in [6.07, 6.45) is 6.16. The molecular formula is C12H22N4O. The van der Waals surface area contributed by atoms with E-state index >= 15 is 0 Å². The second-order valence-corrected chi connectivity index (χ2v) is 5.33. The highest BCUT2D eigenvalue weighted by Crippen LogP contribution is 2.31. The lowest BCUT2D eigenvalue weighted by Crippen LogP contribution is -2.50. The zero-order chi connectivity index (χ0) is 12.3. The molecule has 5 heteroatoms. The number of aromatic nitrogens is 3. The minimum Gasteiger partial charge on any atom is -0.394 e. The van der Waals surface area contributed by atoms with Gasteiger partial charge in [-0.2, -0.15) is 0 Å². The quantitative estimate of drug-likeness (QED) is 0.816. The van der Waals surface area contributed by atoms with Crippen molar-refractivity contribution in [1.82, 2.24) is 20.1 Å². The van der Waals surface area contributed by atoms with Crippen LogP contribution < -0.4 is 5.32 Å². The van der Waals surface area contributed by atoms with Crippen molar-refractivity contribution in [2.75, 3.05) is 6.61 Å². The lowest BCUT2D eigenvalue weighted by molar-refractivity contribution is 0.103. The van der Waals surface area contributed by atoms with Crippen molar-refractivity contribution >= 4 is 0 Å². The number of hydrogen-bond acceptors (Lipinski definition) is 4. The molecule has 5 nitrogen and oxygen atoms in total. The second kappa shape index (κ2) is 5.14. The zero-order valence-corrected chi connectivity index (χ0v) is 10.7. The summed E-state index contributed by atoms with van der Waals surface area (Å²) in [5.74, 6) is 1.70. The summed E-state index contributed by atoms with van der Waals surface area (Å²) in [5, 5.41) is 21.0. The molecule has 1 heterocycles. The predicted molar refractivity (Wildman–Crippen MR) is 65.3 cm³/mol. The van der Waals surface area contributed by atoms with Crippen LogP contribution in [0.1, 0.15) is 38.4 Å². The minimum atomic E-state index is -0.113. The van der Waals surface area contributed by atoms with Crippen molar-refractivity contribution in [3.05, 3.63) is 12.2 Å². The highest BCUT2D eigenvalue weighted by molar-refractivity contribution is 4.94. The third-order valence-electron chi connectivity index (χ3n) is 3.96. The van der Waals surface area contributed by atoms with Gasteiger partial charge in [0.2, 0.25) is 0 Å². The number of hydrogen-bond donors (Lipinski definition) is 2. The lowest BCUT2D eigenvalue weighted by atomic mass is 9.77. The molecule has 0 saturated heterocycles. The van der Waals surface area contributed by atoms with Crippen LogP contribution in [0, 0.1) is 5.92 Å². The summed E-state index contributed by atoms with van der Waals surface area (Å²) in [6.45, 7) is 3.16. The van der Waals surface area contributed by atoms with Gasteiger partial charge >= 0.3 is 0 Å². The monoisotopic (exact) mass is 238 g/mol. The molecule has 0 aromatic carbocycles. The maximum Gasteiger partial charge on any atom is 0.146 e. The fourth-order valence-electron chi connectivity index (χ4n) is 2.44. The fourth-order valence-corrected chi connectivity index (χ4v) is 2.44. The number of aliphatic hydroxyl groups is 1. The first-order valence-corrected chi connectivity index (χ1v) is 6.34. The van der Waals surface area contributed by atoms with Gasteiger partial charge in [0.25, 0.3) is 0 Å². The number of nitrogens with zero attached hydrogens (tertiary/aromatic N) is 3. The van der Waals surface area contributed by atoms with Crippen molar-refractivity contribution in [3.63, 3.8) is 0 Å². The standard InChI is InChI=1S/C12H22N4O/c1-10-3-5-12(8-17,6-4-10)13-7-11-15-14-9-16(11)2/h9-10,13,17H,3-8H2,1-2H3. The first-order chi connectivity index (χ1) is 8.15. The molecule has 0 radical (unpaired) electrons. The Balaban J connectivity index is 1.94. The topological polar surface area (TPSA) is 63.0 Å². The van der Waals surface area contributed by atoms with E-state index in [1.165, 1.54) is 12.8 Å². The molecule has 0 atom stereocenters. The average Bonchev–Trinajstić information content (AvgIpc) is 2.75. The summed E-state index contributed by atoms with van der Waals surface area (Å²) in [4.78, 5) is 0. The zero-order valence-electron chi connectivity index (χ0n) is 10.7. The number of rotatable bonds is 4. The van der Waals surface area contributed by atoms with E-state index in [1.54, 1.807) is 6.33 Å². The van der Waals surface area contributed by atoms with E-state index in [4.69, 9.17) is 0 Å². The van der Waals surface area contributed by atoms with E-state index in [9.17, 15) is 5.11 Å². The highest BCUT2D eigenvalue weighted by Gasteiger charge is 2.33. The summed E-state index contributed by atoms with van der Waals surface area (Å²) >= 11 is 0. The second-order valence-electron chi connectivity index (χ2n) is 5.33. The molecule has 1 aromatic heterocycles. The number of aliphatic hydroxyl groups excluding tert-OH is 1. The average molecular weight is 238 g/mol. The molecule has 1 saturated carbocycles. The molecule has 17 heavy (non-hydrogen) atoms. The maximum absolute atomic E-state index is 9.62. The Labute approximate surface area is 102 Å². The van der Waals surface area contributed by atoms with Crippen LogP contribution >= 0.6 is 0 Å². The van der Waals surface area contributed by atoms with E-state index in [0.717, 1.165) is 24.6 Å². The van der Waals surface area contributed by atoms with E-state index < -0.39 is 0 Å². The molecule has 0 bridgehead atoms. The van der Waals surface area contributed by atoms with Crippen LogP contribution in [0.25, 0.3) is 0 Å². The van der Waals surface area contributed by atoms with Gasteiger partial charge in [0.1, 0.15) is 12.2 Å². The van der Waals surface area contributed by atoms with Crippen LogP contribution in [-0.2, 0) is 13.6 Å². The Morgan fingerprint density at radius 1 is 1.53 bits per heavy atom. The Morgan fingerprint density at radius 3 is 2.76 bits per heavy atom. The van der Waals surface area contributed by atoms with Crippen molar-refractivity contribution < 1.29 is 5.11 Å². The fraction of sp³-hybridized carbons (Fsp3) is 0.833. The van der Waals surface area contributed by atoms with Gasteiger partial charge < -0.3 is 15.0 Å². The lowest BCUT2D eigenvalue weighted by Gasteiger charge is -2.38. The van der Waals surface area contributed by atoms with E-state index in [0.29, 0.717) is 6.54 Å². The van der Waals surface area contributed by atoms with Crippen molar-refractivity contribution in [3.8, 4) is 0 Å². The summed E-state index contributed by atoms with van der Waals surface area (Å²) in [7, 11) is 1.94. The van der Waals surface area contributed by atoms with Gasteiger partial charge in [-0.3, -0.25) is 0 Å². The SMILES string of the molecule is CC1CCC(CO)(NCc2nncn2C)CC1. The van der Waals surface area contributed by atoms with Crippen LogP contribution in [0.3, 0.4) is 0 Å². The van der Waals surface area contributed by atoms with Crippen LogP contribution in [0.5, 0.6) is 0 Å². The minimum absolute atomic E-state index is 0.113. The first-order valence-electron chi connectivity index (χ1n) is 6.34. The third kappa shape index (κ3) is 2.84. The van der Waals surface area contributed by atoms with Crippen molar-refractivity contribution in [2.24, 2.45) is 13.0 Å². The van der Waals surface area contributed by atoms with Gasteiger partial charge in [-0.25, -0.2) is 0 Å². The third-order valence-corrected chi connectivity index (χ3v) is 3.96. The molecule has 2 N–H and O–H groups in total. The summed E-state index contributed by atoms with van der Waals surface area (Å²) in [5.41, 5.74) is -0.113. The summed E-state index contributed by atoms with van der Waals surface area (Å²) < 4.78 is 1.91. The van der Waals surface area contributed by atoms with E-state index in [2.05, 4.69) is 22.4 Å². The Kier molecular flexibility index (Phi) is 3.79. The molecule has 0 spiro atoms. The molecular weight excluding hydrogens is 216 g/mol. The number of aryl methyl sites for hydroxylation is 1. The van der Waals surface area contributed by atoms with Crippen LogP contribution in [0.15, 0.2) is 6.33 Å². The van der Waals surface area contributed by atoms with Crippen LogP contribution in [0.4, 0.5) is 0 Å². The molecule has 1 aromatic rings. The summed E-state index contributed by atoms with van der Waals surface area (Å²) in [6, 6.07) is 0. The van der Waals surface area contributed by atoms with Gasteiger partial charge in [-0.05, 0) is 31.6 Å². The van der Waals surface area contributed by atoms with Gasteiger partial charge in [0, 0.05) is 12.6 Å². The molecule has 0 aliphatic heterocycles. The molecule has 2 rings (SSSR count). The van der Waals surface area contributed by atoms with Crippen molar-refractivity contribution in [1.29, 1.82) is 0 Å². The molecule has 1 aliphatic carbocycles. The molecule has 0 unspecified atom stereocenters.